The molecule has 0 bridgehead atoms. The summed E-state index contributed by atoms with van der Waals surface area (Å²) in [7, 11) is 0. The van der Waals surface area contributed by atoms with E-state index in [2.05, 4.69) is 5.32 Å². The average Bonchev–Trinajstić information content (AvgIpc) is 2.34. The van der Waals surface area contributed by atoms with Crippen molar-refractivity contribution in [2.24, 2.45) is 0 Å². The number of rotatable bonds is 6. The fourth-order valence-corrected chi connectivity index (χ4v) is 2.21. The second-order valence-electron chi connectivity index (χ2n) is 5.84. The molecule has 0 unspecified atom stereocenters. The van der Waals surface area contributed by atoms with Crippen molar-refractivity contribution in [1.29, 1.82) is 0 Å². The third-order valence-electron chi connectivity index (χ3n) is 3.21. The van der Waals surface area contributed by atoms with Crippen LogP contribution in [0.5, 0.6) is 0 Å². The number of nitrogens with one attached hydrogen (secondary N) is 1. The number of hydrogen-bond donors (Lipinski definition) is 2. The Bertz CT molecular complexity index is 444. The van der Waals surface area contributed by atoms with Crippen LogP contribution in [0, 0.1) is 13.8 Å². The minimum atomic E-state index is -0.871. The quantitative estimate of drug-likeness (QED) is 0.839. The fraction of sp³-hybridized carbons (Fsp3) is 0.562. The van der Waals surface area contributed by atoms with Crippen LogP contribution in [0.3, 0.4) is 0 Å². The van der Waals surface area contributed by atoms with Crippen molar-refractivity contribution in [3.05, 3.63) is 29.3 Å². The van der Waals surface area contributed by atoms with Crippen LogP contribution in [0.1, 0.15) is 31.9 Å². The van der Waals surface area contributed by atoms with Gasteiger partial charge in [-0.2, -0.15) is 0 Å². The Morgan fingerprint density at radius 3 is 2.30 bits per heavy atom. The lowest BCUT2D eigenvalue weighted by Gasteiger charge is -2.28. The summed E-state index contributed by atoms with van der Waals surface area (Å²) in [6.45, 7) is 10.6. The zero-order valence-corrected chi connectivity index (χ0v) is 13.2. The van der Waals surface area contributed by atoms with E-state index in [1.807, 2.05) is 39.0 Å². The zero-order chi connectivity index (χ0) is 15.3. The maximum Gasteiger partial charge on any atom is 0.241 e. The lowest BCUT2D eigenvalue weighted by atomic mass is 10.1. The van der Waals surface area contributed by atoms with Gasteiger partial charge >= 0.3 is 0 Å². The first kappa shape index (κ1) is 16.5. The van der Waals surface area contributed by atoms with Crippen LogP contribution in [-0.2, 0) is 4.79 Å². The van der Waals surface area contributed by atoms with E-state index in [0.717, 1.165) is 16.8 Å². The summed E-state index contributed by atoms with van der Waals surface area (Å²) in [5.74, 6) is -0.00252. The van der Waals surface area contributed by atoms with Gasteiger partial charge in [0.1, 0.15) is 0 Å². The SMILES string of the molecule is CCN(CC(C)(C)O)C(=O)CNc1c(C)cccc1C. The molecular weight excluding hydrogens is 252 g/mol. The molecule has 2 N–H and O–H groups in total. The number of amides is 1. The Hall–Kier alpha value is -1.55. The van der Waals surface area contributed by atoms with Gasteiger partial charge in [-0.05, 0) is 45.7 Å². The van der Waals surface area contributed by atoms with E-state index >= 15 is 0 Å². The average molecular weight is 278 g/mol. The van der Waals surface area contributed by atoms with Gasteiger partial charge in [-0.25, -0.2) is 0 Å². The molecule has 0 heterocycles. The number of likely N-dealkylation sites (N-methyl/N-ethyl adjacent to an activating group) is 1. The number of para-hydroxylation sites is 1. The van der Waals surface area contributed by atoms with Crippen LogP contribution >= 0.6 is 0 Å². The summed E-state index contributed by atoms with van der Waals surface area (Å²) in [6.07, 6.45) is 0. The second kappa shape index (κ2) is 6.75. The van der Waals surface area contributed by atoms with Crippen molar-refractivity contribution in [3.63, 3.8) is 0 Å². The van der Waals surface area contributed by atoms with Crippen molar-refractivity contribution >= 4 is 11.6 Å². The summed E-state index contributed by atoms with van der Waals surface area (Å²) in [4.78, 5) is 13.9. The molecule has 4 nitrogen and oxygen atoms in total. The van der Waals surface area contributed by atoms with E-state index in [1.165, 1.54) is 0 Å². The molecule has 20 heavy (non-hydrogen) atoms. The lowest BCUT2D eigenvalue weighted by Crippen LogP contribution is -2.44. The molecule has 0 saturated carbocycles. The van der Waals surface area contributed by atoms with Crippen LogP contribution in [0.25, 0.3) is 0 Å². The highest BCUT2D eigenvalue weighted by Gasteiger charge is 2.21. The van der Waals surface area contributed by atoms with Gasteiger partial charge in [-0.1, -0.05) is 18.2 Å². The van der Waals surface area contributed by atoms with Gasteiger partial charge < -0.3 is 15.3 Å². The summed E-state index contributed by atoms with van der Waals surface area (Å²) in [6, 6.07) is 6.05. The third-order valence-corrected chi connectivity index (χ3v) is 3.21. The number of carbonyl (C=O) groups excluding carboxylic acids is 1. The topological polar surface area (TPSA) is 52.6 Å². The first-order valence-electron chi connectivity index (χ1n) is 7.05. The largest absolute Gasteiger partial charge is 0.389 e. The molecule has 1 amide bonds. The highest BCUT2D eigenvalue weighted by molar-refractivity contribution is 5.81. The van der Waals surface area contributed by atoms with E-state index in [-0.39, 0.29) is 12.5 Å². The molecule has 0 atom stereocenters. The smallest absolute Gasteiger partial charge is 0.241 e. The molecule has 1 aromatic carbocycles. The predicted octanol–water partition coefficient (Wildman–Crippen LogP) is 2.33. The van der Waals surface area contributed by atoms with Crippen LogP contribution < -0.4 is 5.32 Å². The highest BCUT2D eigenvalue weighted by Crippen LogP contribution is 2.19. The van der Waals surface area contributed by atoms with E-state index in [1.54, 1.807) is 18.7 Å². The second-order valence-corrected chi connectivity index (χ2v) is 5.84. The van der Waals surface area contributed by atoms with Gasteiger partial charge in [-0.3, -0.25) is 4.79 Å². The van der Waals surface area contributed by atoms with Gasteiger partial charge in [0, 0.05) is 18.8 Å². The number of hydrogen-bond acceptors (Lipinski definition) is 3. The molecule has 1 rings (SSSR count). The van der Waals surface area contributed by atoms with Crippen molar-refractivity contribution in [2.75, 3.05) is 25.0 Å². The molecule has 0 aliphatic rings. The maximum absolute atomic E-state index is 12.2. The van der Waals surface area contributed by atoms with Gasteiger partial charge in [0.25, 0.3) is 0 Å². The van der Waals surface area contributed by atoms with Crippen molar-refractivity contribution in [1.82, 2.24) is 4.90 Å². The summed E-state index contributed by atoms with van der Waals surface area (Å²) >= 11 is 0. The maximum atomic E-state index is 12.2. The Morgan fingerprint density at radius 2 is 1.85 bits per heavy atom. The minimum absolute atomic E-state index is 0.00252. The third kappa shape index (κ3) is 4.85. The molecule has 112 valence electrons. The van der Waals surface area contributed by atoms with Gasteiger partial charge in [0.05, 0.1) is 12.1 Å². The predicted molar refractivity (Wildman–Crippen MR) is 83.0 cm³/mol. The van der Waals surface area contributed by atoms with Crippen molar-refractivity contribution < 1.29 is 9.90 Å². The molecule has 0 radical (unpaired) electrons. The number of aryl methyl sites for hydroxylation is 2. The van der Waals surface area contributed by atoms with Crippen molar-refractivity contribution in [3.8, 4) is 0 Å². The molecule has 4 heteroatoms. The fourth-order valence-electron chi connectivity index (χ4n) is 2.21. The zero-order valence-electron chi connectivity index (χ0n) is 13.2. The van der Waals surface area contributed by atoms with E-state index in [0.29, 0.717) is 13.1 Å². The number of anilines is 1. The van der Waals surface area contributed by atoms with E-state index in [4.69, 9.17) is 0 Å². The molecule has 1 aromatic rings. The summed E-state index contributed by atoms with van der Waals surface area (Å²) < 4.78 is 0. The Balaban J connectivity index is 2.66. The van der Waals surface area contributed by atoms with Crippen LogP contribution in [-0.4, -0.2) is 41.1 Å². The summed E-state index contributed by atoms with van der Waals surface area (Å²) in [5.41, 5.74) is 2.40. The monoisotopic (exact) mass is 278 g/mol. The first-order chi connectivity index (χ1) is 9.24. The van der Waals surface area contributed by atoms with E-state index < -0.39 is 5.60 Å². The Morgan fingerprint density at radius 1 is 1.30 bits per heavy atom. The lowest BCUT2D eigenvalue weighted by molar-refractivity contribution is -0.132. The minimum Gasteiger partial charge on any atom is -0.389 e. The van der Waals surface area contributed by atoms with Crippen LogP contribution in [0.15, 0.2) is 18.2 Å². The molecular formula is C16H26N2O2. The van der Waals surface area contributed by atoms with Gasteiger partial charge in [0.2, 0.25) is 5.91 Å². The Kier molecular flexibility index (Phi) is 5.57. The standard InChI is InChI=1S/C16H26N2O2/c1-6-18(11-16(4,5)20)14(19)10-17-15-12(2)8-7-9-13(15)3/h7-9,17,20H,6,10-11H2,1-5H3. The van der Waals surface area contributed by atoms with Crippen LogP contribution in [0.2, 0.25) is 0 Å². The Labute approximate surface area is 121 Å². The first-order valence-corrected chi connectivity index (χ1v) is 7.05. The molecule has 0 saturated heterocycles. The normalized spacial score (nSPS) is 11.3. The molecule has 0 aliphatic carbocycles. The molecule has 0 aliphatic heterocycles. The van der Waals surface area contributed by atoms with Gasteiger partial charge in [0.15, 0.2) is 0 Å². The molecule has 0 spiro atoms. The number of nitrogens with zero attached hydrogens (tertiary/aromatic N) is 1. The highest BCUT2D eigenvalue weighted by atomic mass is 16.3. The molecule has 0 aromatic heterocycles. The molecule has 0 fully saturated rings. The van der Waals surface area contributed by atoms with Gasteiger partial charge in [-0.15, -0.1) is 0 Å². The van der Waals surface area contributed by atoms with Crippen molar-refractivity contribution in [2.45, 2.75) is 40.2 Å². The summed E-state index contributed by atoms with van der Waals surface area (Å²) in [5, 5.41) is 13.0. The number of carbonyl (C=O) groups is 1. The number of aliphatic hydroxyl groups is 1. The number of benzene rings is 1. The van der Waals surface area contributed by atoms with Crippen LogP contribution in [0.4, 0.5) is 5.69 Å². The van der Waals surface area contributed by atoms with E-state index in [9.17, 15) is 9.90 Å².